The van der Waals surface area contributed by atoms with Gasteiger partial charge in [0.2, 0.25) is 0 Å². The number of nitro benzene ring substituents is 1. The number of hydrogen-bond donors (Lipinski definition) is 0. The van der Waals surface area contributed by atoms with Crippen molar-refractivity contribution >= 4 is 23.4 Å². The van der Waals surface area contributed by atoms with Crippen molar-refractivity contribution in [3.8, 4) is 0 Å². The van der Waals surface area contributed by atoms with Crippen LogP contribution in [-0.4, -0.2) is 23.3 Å². The van der Waals surface area contributed by atoms with Gasteiger partial charge in [0.1, 0.15) is 0 Å². The largest absolute Gasteiger partial charge is 0.469 e. The third kappa shape index (κ3) is 3.73. The first-order valence-electron chi connectivity index (χ1n) is 5.43. The van der Waals surface area contributed by atoms with E-state index in [0.29, 0.717) is 10.5 Å². The Labute approximate surface area is 110 Å². The minimum atomic E-state index is -0.386. The van der Waals surface area contributed by atoms with Gasteiger partial charge in [-0.25, -0.2) is 0 Å². The molecule has 5 nitrogen and oxygen atoms in total. The van der Waals surface area contributed by atoms with Crippen LogP contribution in [0.25, 0.3) is 0 Å². The number of rotatable bonds is 5. The molecule has 0 bridgehead atoms. The molecule has 1 aromatic rings. The molecule has 0 heterocycles. The maximum atomic E-state index is 11.1. The van der Waals surface area contributed by atoms with E-state index in [9.17, 15) is 14.9 Å². The number of esters is 1. The molecule has 1 aromatic carbocycles. The molecule has 0 spiro atoms. The third-order valence-corrected chi connectivity index (χ3v) is 3.55. The highest BCUT2D eigenvalue weighted by Crippen LogP contribution is 2.35. The highest BCUT2D eigenvalue weighted by Gasteiger charge is 2.20. The first-order chi connectivity index (χ1) is 8.45. The number of carbonyl (C=O) groups is 1. The van der Waals surface area contributed by atoms with Crippen LogP contribution in [0.4, 0.5) is 5.69 Å². The summed E-state index contributed by atoms with van der Waals surface area (Å²) in [5.74, 6) is -0.315. The smallest absolute Gasteiger partial charge is 0.306 e. The van der Waals surface area contributed by atoms with Gasteiger partial charge in [-0.1, -0.05) is 19.1 Å². The fourth-order valence-corrected chi connectivity index (χ4v) is 2.69. The number of benzene rings is 1. The Hall–Kier alpha value is -1.56. The Morgan fingerprint density at radius 1 is 1.56 bits per heavy atom. The molecule has 0 saturated heterocycles. The van der Waals surface area contributed by atoms with Gasteiger partial charge in [0.15, 0.2) is 0 Å². The average molecular weight is 269 g/mol. The Balaban J connectivity index is 2.87. The lowest BCUT2D eigenvalue weighted by Crippen LogP contribution is -2.08. The fraction of sp³-hybridized carbons (Fsp3) is 0.417. The van der Waals surface area contributed by atoms with Crippen LogP contribution in [0.2, 0.25) is 0 Å². The molecule has 0 aliphatic heterocycles. The molecule has 0 N–H and O–H groups in total. The van der Waals surface area contributed by atoms with Gasteiger partial charge in [0, 0.05) is 10.8 Å². The van der Waals surface area contributed by atoms with Crippen molar-refractivity contribution in [1.29, 1.82) is 0 Å². The van der Waals surface area contributed by atoms with Crippen LogP contribution in [0.3, 0.4) is 0 Å². The number of para-hydroxylation sites is 1. The molecule has 1 rings (SSSR count). The van der Waals surface area contributed by atoms with Crippen molar-refractivity contribution in [1.82, 2.24) is 0 Å². The van der Waals surface area contributed by atoms with Gasteiger partial charge in [-0.05, 0) is 13.0 Å². The number of thioether (sulfide) groups is 1. The van der Waals surface area contributed by atoms with Crippen molar-refractivity contribution in [2.45, 2.75) is 30.4 Å². The van der Waals surface area contributed by atoms with Crippen molar-refractivity contribution in [2.24, 2.45) is 0 Å². The van der Waals surface area contributed by atoms with E-state index in [-0.39, 0.29) is 28.3 Å². The quantitative estimate of drug-likeness (QED) is 0.356. The Morgan fingerprint density at radius 3 is 2.78 bits per heavy atom. The van der Waals surface area contributed by atoms with Crippen LogP contribution in [0, 0.1) is 17.0 Å². The summed E-state index contributed by atoms with van der Waals surface area (Å²) < 4.78 is 4.57. The van der Waals surface area contributed by atoms with E-state index < -0.39 is 0 Å². The minimum Gasteiger partial charge on any atom is -0.469 e. The van der Waals surface area contributed by atoms with Crippen molar-refractivity contribution in [3.63, 3.8) is 0 Å². The SMILES string of the molecule is COC(=O)CC(C)Sc1cccc(C)c1[N+](=O)[O-]. The summed E-state index contributed by atoms with van der Waals surface area (Å²) in [5, 5.41) is 10.9. The summed E-state index contributed by atoms with van der Waals surface area (Å²) in [5.41, 5.74) is 0.731. The van der Waals surface area contributed by atoms with Crippen LogP contribution < -0.4 is 0 Å². The summed E-state index contributed by atoms with van der Waals surface area (Å²) in [6, 6.07) is 5.17. The first kappa shape index (κ1) is 14.5. The molecule has 0 aliphatic carbocycles. The second-order valence-electron chi connectivity index (χ2n) is 3.89. The van der Waals surface area contributed by atoms with E-state index in [0.717, 1.165) is 0 Å². The number of nitro groups is 1. The number of hydrogen-bond acceptors (Lipinski definition) is 5. The number of nitrogens with zero attached hydrogens (tertiary/aromatic N) is 1. The van der Waals surface area contributed by atoms with E-state index in [1.54, 1.807) is 25.1 Å². The van der Waals surface area contributed by atoms with E-state index in [4.69, 9.17) is 0 Å². The molecule has 18 heavy (non-hydrogen) atoms. The van der Waals surface area contributed by atoms with E-state index in [1.165, 1.54) is 18.9 Å². The molecular weight excluding hydrogens is 254 g/mol. The van der Waals surface area contributed by atoms with Crippen LogP contribution >= 0.6 is 11.8 Å². The van der Waals surface area contributed by atoms with Gasteiger partial charge in [0.05, 0.1) is 23.3 Å². The van der Waals surface area contributed by atoms with Gasteiger partial charge >= 0.3 is 5.97 Å². The summed E-state index contributed by atoms with van der Waals surface area (Å²) in [7, 11) is 1.33. The summed E-state index contributed by atoms with van der Waals surface area (Å²) in [6.45, 7) is 3.54. The zero-order chi connectivity index (χ0) is 13.7. The van der Waals surface area contributed by atoms with Crippen molar-refractivity contribution in [3.05, 3.63) is 33.9 Å². The zero-order valence-corrected chi connectivity index (χ0v) is 11.3. The fourth-order valence-electron chi connectivity index (χ4n) is 1.54. The molecule has 98 valence electrons. The number of ether oxygens (including phenoxy) is 1. The molecule has 1 unspecified atom stereocenters. The monoisotopic (exact) mass is 269 g/mol. The lowest BCUT2D eigenvalue weighted by Gasteiger charge is -2.10. The summed E-state index contributed by atoms with van der Waals surface area (Å²) >= 11 is 1.31. The second-order valence-corrected chi connectivity index (χ2v) is 5.37. The lowest BCUT2D eigenvalue weighted by molar-refractivity contribution is -0.388. The second kappa shape index (κ2) is 6.39. The highest BCUT2D eigenvalue weighted by atomic mass is 32.2. The first-order valence-corrected chi connectivity index (χ1v) is 6.31. The summed E-state index contributed by atoms with van der Waals surface area (Å²) in [4.78, 5) is 22.3. The maximum absolute atomic E-state index is 11.1. The zero-order valence-electron chi connectivity index (χ0n) is 10.5. The molecule has 0 amide bonds. The Bertz CT molecular complexity index is 461. The third-order valence-electron chi connectivity index (χ3n) is 2.39. The van der Waals surface area contributed by atoms with Crippen molar-refractivity contribution in [2.75, 3.05) is 7.11 Å². The van der Waals surface area contributed by atoms with Gasteiger partial charge in [0.25, 0.3) is 5.69 Å². The van der Waals surface area contributed by atoms with Gasteiger partial charge in [-0.3, -0.25) is 14.9 Å². The topological polar surface area (TPSA) is 69.4 Å². The van der Waals surface area contributed by atoms with Gasteiger partial charge < -0.3 is 4.74 Å². The van der Waals surface area contributed by atoms with Crippen LogP contribution in [0.1, 0.15) is 18.9 Å². The maximum Gasteiger partial charge on any atom is 0.306 e. The predicted octanol–water partition coefficient (Wildman–Crippen LogP) is 2.95. The molecule has 0 fully saturated rings. The molecule has 6 heteroatoms. The van der Waals surface area contributed by atoms with Gasteiger partial charge in [-0.15, -0.1) is 11.8 Å². The molecule has 1 atom stereocenters. The van der Waals surface area contributed by atoms with Gasteiger partial charge in [-0.2, -0.15) is 0 Å². The summed E-state index contributed by atoms with van der Waals surface area (Å²) in [6.07, 6.45) is 0.228. The Kier molecular flexibility index (Phi) is 5.15. The van der Waals surface area contributed by atoms with E-state index in [2.05, 4.69) is 4.74 Å². The van der Waals surface area contributed by atoms with Crippen LogP contribution in [0.15, 0.2) is 23.1 Å². The van der Waals surface area contributed by atoms with Crippen molar-refractivity contribution < 1.29 is 14.5 Å². The normalized spacial score (nSPS) is 11.9. The molecule has 0 aliphatic rings. The Morgan fingerprint density at radius 2 is 2.22 bits per heavy atom. The van der Waals surface area contributed by atoms with E-state index >= 15 is 0 Å². The highest BCUT2D eigenvalue weighted by molar-refractivity contribution is 8.00. The number of aryl methyl sites for hydroxylation is 1. The standard InChI is InChI=1S/C12H15NO4S/c1-8-5-4-6-10(12(8)13(15)16)18-9(2)7-11(14)17-3/h4-6,9H,7H2,1-3H3. The van der Waals surface area contributed by atoms with Crippen LogP contribution in [0.5, 0.6) is 0 Å². The number of methoxy groups -OCH3 is 1. The minimum absolute atomic E-state index is 0.0713. The molecule has 0 saturated carbocycles. The molecule has 0 aromatic heterocycles. The van der Waals surface area contributed by atoms with Crippen LogP contribution in [-0.2, 0) is 9.53 Å². The molecular formula is C12H15NO4S. The van der Waals surface area contributed by atoms with E-state index in [1.807, 2.05) is 6.92 Å². The average Bonchev–Trinajstić information content (AvgIpc) is 2.28. The molecule has 0 radical (unpaired) electrons. The lowest BCUT2D eigenvalue weighted by atomic mass is 10.2. The predicted molar refractivity (Wildman–Crippen MR) is 69.8 cm³/mol. The number of carbonyl (C=O) groups excluding carboxylic acids is 1.